The molecule has 0 aliphatic carbocycles. The summed E-state index contributed by atoms with van der Waals surface area (Å²) in [7, 11) is 1.44. The van der Waals surface area contributed by atoms with Gasteiger partial charge >= 0.3 is 5.97 Å². The molecular formula is C27H24F2N6O2. The fourth-order valence-electron chi connectivity index (χ4n) is 5.19. The second-order valence-corrected chi connectivity index (χ2v) is 9.44. The number of pyridine rings is 1. The molecule has 5 aromatic rings. The summed E-state index contributed by atoms with van der Waals surface area (Å²) >= 11 is 0. The Bertz CT molecular complexity index is 1670. The first-order valence-corrected chi connectivity index (χ1v) is 12.1. The van der Waals surface area contributed by atoms with Crippen LogP contribution in [0, 0.1) is 24.6 Å². The molecule has 2 aromatic carbocycles. The molecule has 3 aromatic heterocycles. The van der Waals surface area contributed by atoms with Crippen LogP contribution in [-0.4, -0.2) is 48.7 Å². The molecule has 1 N–H and O–H groups in total. The second-order valence-electron chi connectivity index (χ2n) is 9.44. The second kappa shape index (κ2) is 8.65. The van der Waals surface area contributed by atoms with Crippen molar-refractivity contribution in [1.29, 1.82) is 0 Å². The maximum atomic E-state index is 15.0. The van der Waals surface area contributed by atoms with Crippen molar-refractivity contribution in [3.63, 3.8) is 0 Å². The lowest BCUT2D eigenvalue weighted by Gasteiger charge is -2.31. The van der Waals surface area contributed by atoms with E-state index >= 15 is 4.39 Å². The van der Waals surface area contributed by atoms with Gasteiger partial charge < -0.3 is 10.0 Å². The molecule has 0 spiro atoms. The topological polar surface area (TPSA) is 89.1 Å². The number of aromatic nitrogens is 5. The zero-order chi connectivity index (χ0) is 25.8. The molecule has 0 bridgehead atoms. The van der Waals surface area contributed by atoms with E-state index in [2.05, 4.69) is 15.0 Å². The Kier molecular flexibility index (Phi) is 5.40. The molecule has 0 unspecified atom stereocenters. The maximum absolute atomic E-state index is 15.0. The van der Waals surface area contributed by atoms with Crippen LogP contribution in [0.15, 0.2) is 48.7 Å². The van der Waals surface area contributed by atoms with E-state index in [9.17, 15) is 14.3 Å². The number of piperidine rings is 1. The molecule has 0 saturated carbocycles. The van der Waals surface area contributed by atoms with Crippen molar-refractivity contribution >= 4 is 33.6 Å². The van der Waals surface area contributed by atoms with Crippen LogP contribution in [0.1, 0.15) is 18.4 Å². The van der Waals surface area contributed by atoms with Gasteiger partial charge in [-0.05, 0) is 49.6 Å². The first-order chi connectivity index (χ1) is 17.8. The summed E-state index contributed by atoms with van der Waals surface area (Å²) in [6, 6.07) is 12.4. The Morgan fingerprint density at radius 3 is 2.54 bits per heavy atom. The van der Waals surface area contributed by atoms with Gasteiger partial charge in [-0.2, -0.15) is 14.6 Å². The molecule has 1 fully saturated rings. The van der Waals surface area contributed by atoms with E-state index < -0.39 is 17.7 Å². The van der Waals surface area contributed by atoms with Gasteiger partial charge in [0, 0.05) is 31.1 Å². The normalized spacial score (nSPS) is 14.6. The van der Waals surface area contributed by atoms with Gasteiger partial charge in [0.1, 0.15) is 17.0 Å². The molecule has 8 nitrogen and oxygen atoms in total. The Balaban J connectivity index is 1.44. The summed E-state index contributed by atoms with van der Waals surface area (Å²) in [6.07, 6.45) is 2.90. The lowest BCUT2D eigenvalue weighted by molar-refractivity contribution is -0.142. The SMILES string of the molecule is Cc1cccc2c(-c3ccc(F)c4nn(C)c(F)c34)nn(-c3ccc(N4CCC(C(=O)O)CC4)nc3)c12. The molecule has 188 valence electrons. The van der Waals surface area contributed by atoms with Crippen molar-refractivity contribution in [3.05, 3.63) is 66.0 Å². The van der Waals surface area contributed by atoms with Crippen molar-refractivity contribution in [2.75, 3.05) is 18.0 Å². The monoisotopic (exact) mass is 502 g/mol. The fourth-order valence-corrected chi connectivity index (χ4v) is 5.19. The third kappa shape index (κ3) is 3.71. The first-order valence-electron chi connectivity index (χ1n) is 12.1. The number of carbonyl (C=O) groups is 1. The summed E-state index contributed by atoms with van der Waals surface area (Å²) in [5.41, 5.74) is 3.49. The number of hydrogen-bond acceptors (Lipinski definition) is 5. The number of benzene rings is 2. The van der Waals surface area contributed by atoms with Gasteiger partial charge in [-0.15, -0.1) is 0 Å². The van der Waals surface area contributed by atoms with Crippen LogP contribution in [-0.2, 0) is 11.8 Å². The fraction of sp³-hybridized carbons (Fsp3) is 0.259. The minimum atomic E-state index is -0.746. The molecule has 0 amide bonds. The number of rotatable bonds is 4. The number of para-hydroxylation sites is 1. The minimum absolute atomic E-state index is 0.0365. The quantitative estimate of drug-likeness (QED) is 0.378. The Morgan fingerprint density at radius 2 is 1.84 bits per heavy atom. The molecule has 37 heavy (non-hydrogen) atoms. The molecule has 1 saturated heterocycles. The molecule has 4 heterocycles. The van der Waals surface area contributed by atoms with E-state index in [1.165, 1.54) is 13.1 Å². The van der Waals surface area contributed by atoms with Crippen LogP contribution < -0.4 is 4.90 Å². The number of hydrogen-bond donors (Lipinski definition) is 1. The summed E-state index contributed by atoms with van der Waals surface area (Å²) in [5.74, 6) is -1.50. The highest BCUT2D eigenvalue weighted by Crippen LogP contribution is 2.37. The summed E-state index contributed by atoms with van der Waals surface area (Å²) < 4.78 is 32.3. The molecule has 0 atom stereocenters. The van der Waals surface area contributed by atoms with Crippen LogP contribution in [0.2, 0.25) is 0 Å². The predicted octanol–water partition coefficient (Wildman–Crippen LogP) is 4.86. The zero-order valence-corrected chi connectivity index (χ0v) is 20.3. The number of aryl methyl sites for hydroxylation is 2. The van der Waals surface area contributed by atoms with Crippen molar-refractivity contribution in [1.82, 2.24) is 24.5 Å². The van der Waals surface area contributed by atoms with Crippen LogP contribution in [0.5, 0.6) is 0 Å². The third-order valence-electron chi connectivity index (χ3n) is 7.17. The van der Waals surface area contributed by atoms with Crippen LogP contribution in [0.4, 0.5) is 14.6 Å². The smallest absolute Gasteiger partial charge is 0.306 e. The number of nitrogens with zero attached hydrogens (tertiary/aromatic N) is 6. The third-order valence-corrected chi connectivity index (χ3v) is 7.17. The van der Waals surface area contributed by atoms with Crippen molar-refractivity contribution in [3.8, 4) is 16.9 Å². The number of anilines is 1. The Labute approximate surface area is 210 Å². The molecule has 6 rings (SSSR count). The van der Waals surface area contributed by atoms with Gasteiger partial charge in [-0.25, -0.2) is 18.7 Å². The summed E-state index contributed by atoms with van der Waals surface area (Å²) in [6.45, 7) is 3.24. The minimum Gasteiger partial charge on any atom is -0.481 e. The number of halogens is 2. The zero-order valence-electron chi connectivity index (χ0n) is 20.3. The highest BCUT2D eigenvalue weighted by atomic mass is 19.1. The van der Waals surface area contributed by atoms with Gasteiger partial charge in [0.05, 0.1) is 28.7 Å². The van der Waals surface area contributed by atoms with E-state index in [1.807, 2.05) is 37.3 Å². The van der Waals surface area contributed by atoms with Crippen molar-refractivity contribution in [2.24, 2.45) is 13.0 Å². The van der Waals surface area contributed by atoms with Gasteiger partial charge in [0.15, 0.2) is 5.82 Å². The van der Waals surface area contributed by atoms with Crippen LogP contribution in [0.3, 0.4) is 0 Å². The van der Waals surface area contributed by atoms with E-state index in [1.54, 1.807) is 16.9 Å². The largest absolute Gasteiger partial charge is 0.481 e. The lowest BCUT2D eigenvalue weighted by Crippen LogP contribution is -2.36. The first kappa shape index (κ1) is 23.1. The van der Waals surface area contributed by atoms with E-state index in [0.717, 1.165) is 32.7 Å². The van der Waals surface area contributed by atoms with Crippen molar-refractivity contribution in [2.45, 2.75) is 19.8 Å². The molecule has 1 aliphatic rings. The molecule has 0 radical (unpaired) electrons. The number of carboxylic acid groups (broad SMARTS) is 1. The molecular weight excluding hydrogens is 478 g/mol. The summed E-state index contributed by atoms with van der Waals surface area (Å²) in [4.78, 5) is 18.0. The average Bonchev–Trinajstić information content (AvgIpc) is 3.44. The predicted molar refractivity (Wildman–Crippen MR) is 136 cm³/mol. The average molecular weight is 503 g/mol. The number of carboxylic acids is 1. The van der Waals surface area contributed by atoms with Gasteiger partial charge in [0.25, 0.3) is 0 Å². The lowest BCUT2D eigenvalue weighted by atomic mass is 9.97. The summed E-state index contributed by atoms with van der Waals surface area (Å²) in [5, 5.41) is 19.0. The Morgan fingerprint density at radius 1 is 1.05 bits per heavy atom. The highest BCUT2D eigenvalue weighted by Gasteiger charge is 2.26. The van der Waals surface area contributed by atoms with Gasteiger partial charge in [-0.1, -0.05) is 18.2 Å². The van der Waals surface area contributed by atoms with E-state index in [4.69, 9.17) is 5.10 Å². The maximum Gasteiger partial charge on any atom is 0.306 e. The highest BCUT2D eigenvalue weighted by molar-refractivity contribution is 6.04. The van der Waals surface area contributed by atoms with E-state index in [0.29, 0.717) is 37.2 Å². The number of fused-ring (bicyclic) bond motifs is 2. The Hall–Kier alpha value is -4.34. The molecule has 1 aliphatic heterocycles. The van der Waals surface area contributed by atoms with Gasteiger partial charge in [-0.3, -0.25) is 4.79 Å². The molecule has 10 heteroatoms. The van der Waals surface area contributed by atoms with Crippen LogP contribution in [0.25, 0.3) is 38.8 Å². The van der Waals surface area contributed by atoms with Gasteiger partial charge in [0.2, 0.25) is 5.95 Å². The standard InChI is InChI=1S/C27H24F2N6O2/c1-15-4-3-5-19-23(18-7-8-20(28)24-22(18)26(29)33(2)31-24)32-35(25(15)19)17-6-9-21(30-14-17)34-12-10-16(11-13-34)27(36)37/h3-9,14,16H,10-13H2,1-2H3,(H,36,37). The van der Waals surface area contributed by atoms with Crippen molar-refractivity contribution < 1.29 is 18.7 Å². The van der Waals surface area contributed by atoms with Crippen LogP contribution >= 0.6 is 0 Å². The van der Waals surface area contributed by atoms with E-state index in [-0.39, 0.29) is 16.8 Å². The number of aliphatic carboxylic acids is 1.